The lowest BCUT2D eigenvalue weighted by Gasteiger charge is -2.37. The van der Waals surface area contributed by atoms with Crippen LogP contribution in [0.15, 0.2) is 18.2 Å². The molecule has 1 aromatic carbocycles. The largest absolute Gasteiger partial charge is 0.369 e. The summed E-state index contributed by atoms with van der Waals surface area (Å²) in [5.74, 6) is -0.283. The predicted octanol–water partition coefficient (Wildman–Crippen LogP) is 2.47. The highest BCUT2D eigenvalue weighted by atomic mass is 35.5. The van der Waals surface area contributed by atoms with Crippen LogP contribution in [0, 0.1) is 5.82 Å². The van der Waals surface area contributed by atoms with Crippen molar-refractivity contribution in [3.63, 3.8) is 0 Å². The van der Waals surface area contributed by atoms with Gasteiger partial charge in [0.15, 0.2) is 0 Å². The molecule has 2 aliphatic heterocycles. The number of anilines is 1. The van der Waals surface area contributed by atoms with E-state index in [2.05, 4.69) is 5.32 Å². The number of amides is 2. The molecule has 2 amide bonds. The molecule has 0 spiro atoms. The highest BCUT2D eigenvalue weighted by Crippen LogP contribution is 2.27. The summed E-state index contributed by atoms with van der Waals surface area (Å²) in [5.41, 5.74) is 0.596. The number of halogens is 2. The normalized spacial score (nSPS) is 20.4. The number of carbonyl (C=O) groups excluding carboxylic acids is 1. The van der Waals surface area contributed by atoms with Gasteiger partial charge in [0.1, 0.15) is 5.82 Å². The van der Waals surface area contributed by atoms with E-state index in [1.165, 1.54) is 6.07 Å². The van der Waals surface area contributed by atoms with Crippen molar-refractivity contribution in [2.75, 3.05) is 31.1 Å². The minimum Gasteiger partial charge on any atom is -0.369 e. The van der Waals surface area contributed by atoms with E-state index in [1.807, 2.05) is 9.80 Å². The third kappa shape index (κ3) is 2.54. The van der Waals surface area contributed by atoms with Gasteiger partial charge in [-0.05, 0) is 31.0 Å². The summed E-state index contributed by atoms with van der Waals surface area (Å²) >= 11 is 5.77. The lowest BCUT2D eigenvalue weighted by atomic mass is 10.0. The molecule has 0 radical (unpaired) electrons. The van der Waals surface area contributed by atoms with Crippen LogP contribution in [0.2, 0.25) is 5.02 Å². The Morgan fingerprint density at radius 3 is 2.60 bits per heavy atom. The predicted molar refractivity (Wildman–Crippen MR) is 76.7 cm³/mol. The van der Waals surface area contributed by atoms with Crippen molar-refractivity contribution in [2.45, 2.75) is 18.9 Å². The van der Waals surface area contributed by atoms with Crippen molar-refractivity contribution < 1.29 is 9.18 Å². The van der Waals surface area contributed by atoms with Gasteiger partial charge in [0, 0.05) is 37.2 Å². The number of rotatable bonds is 2. The molecular formula is C14H17ClFN3O. The van der Waals surface area contributed by atoms with Crippen molar-refractivity contribution in [1.29, 1.82) is 0 Å². The summed E-state index contributed by atoms with van der Waals surface area (Å²) in [7, 11) is 0. The third-order valence-corrected chi connectivity index (χ3v) is 4.28. The zero-order valence-electron chi connectivity index (χ0n) is 11.1. The van der Waals surface area contributed by atoms with Gasteiger partial charge in [0.05, 0.1) is 5.69 Å². The topological polar surface area (TPSA) is 35.6 Å². The molecule has 108 valence electrons. The van der Waals surface area contributed by atoms with Gasteiger partial charge >= 0.3 is 6.03 Å². The molecule has 2 heterocycles. The van der Waals surface area contributed by atoms with Gasteiger partial charge in [-0.2, -0.15) is 0 Å². The lowest BCUT2D eigenvalue weighted by Crippen LogP contribution is -2.46. The van der Waals surface area contributed by atoms with Crippen LogP contribution in [-0.2, 0) is 0 Å². The first-order valence-corrected chi connectivity index (χ1v) is 7.27. The molecule has 0 atom stereocenters. The third-order valence-electron chi connectivity index (χ3n) is 4.05. The summed E-state index contributed by atoms with van der Waals surface area (Å²) < 4.78 is 13.9. The van der Waals surface area contributed by atoms with Crippen molar-refractivity contribution in [3.05, 3.63) is 29.0 Å². The fraction of sp³-hybridized carbons (Fsp3) is 0.500. The number of nitrogens with zero attached hydrogens (tertiary/aromatic N) is 2. The van der Waals surface area contributed by atoms with Gasteiger partial charge in [-0.1, -0.05) is 11.6 Å². The number of carbonyl (C=O) groups is 1. The molecule has 0 bridgehead atoms. The molecule has 2 fully saturated rings. The summed E-state index contributed by atoms with van der Waals surface area (Å²) in [6.07, 6.45) is 1.74. The number of benzene rings is 1. The Labute approximate surface area is 122 Å². The first kappa shape index (κ1) is 13.5. The average molecular weight is 298 g/mol. The molecule has 3 rings (SSSR count). The minimum atomic E-state index is -0.283. The highest BCUT2D eigenvalue weighted by Gasteiger charge is 2.31. The monoisotopic (exact) mass is 297 g/mol. The van der Waals surface area contributed by atoms with Gasteiger partial charge in [-0.3, -0.25) is 0 Å². The summed E-state index contributed by atoms with van der Waals surface area (Å²) in [6.45, 7) is 3.02. The number of hydrogen-bond acceptors (Lipinski definition) is 2. The van der Waals surface area contributed by atoms with Crippen molar-refractivity contribution in [1.82, 2.24) is 10.2 Å². The Balaban J connectivity index is 1.65. The molecule has 20 heavy (non-hydrogen) atoms. The van der Waals surface area contributed by atoms with E-state index in [0.29, 0.717) is 10.7 Å². The van der Waals surface area contributed by atoms with Crippen molar-refractivity contribution in [3.8, 4) is 0 Å². The van der Waals surface area contributed by atoms with E-state index in [1.54, 1.807) is 12.1 Å². The van der Waals surface area contributed by atoms with Crippen LogP contribution in [0.4, 0.5) is 14.9 Å². The molecule has 4 nitrogen and oxygen atoms in total. The number of hydrogen-bond donors (Lipinski definition) is 1. The fourth-order valence-corrected chi connectivity index (χ4v) is 3.15. The zero-order chi connectivity index (χ0) is 14.1. The Bertz CT molecular complexity index is 517. The van der Waals surface area contributed by atoms with E-state index in [0.717, 1.165) is 39.0 Å². The Kier molecular flexibility index (Phi) is 3.70. The number of piperidine rings is 1. The Hall–Kier alpha value is -1.49. The molecule has 2 saturated heterocycles. The van der Waals surface area contributed by atoms with Gasteiger partial charge in [0.2, 0.25) is 0 Å². The Morgan fingerprint density at radius 2 is 2.00 bits per heavy atom. The van der Waals surface area contributed by atoms with Gasteiger partial charge in [-0.15, -0.1) is 0 Å². The first-order chi connectivity index (χ1) is 9.65. The summed E-state index contributed by atoms with van der Waals surface area (Å²) in [4.78, 5) is 15.6. The zero-order valence-corrected chi connectivity index (χ0v) is 11.9. The van der Waals surface area contributed by atoms with Crippen LogP contribution in [-0.4, -0.2) is 43.2 Å². The molecule has 1 aromatic rings. The molecule has 0 aromatic heterocycles. The quantitative estimate of drug-likeness (QED) is 0.910. The molecule has 1 N–H and O–H groups in total. The van der Waals surface area contributed by atoms with E-state index in [9.17, 15) is 9.18 Å². The molecule has 6 heteroatoms. The van der Waals surface area contributed by atoms with Crippen LogP contribution in [0.25, 0.3) is 0 Å². The van der Waals surface area contributed by atoms with E-state index in [-0.39, 0.29) is 17.9 Å². The molecular weight excluding hydrogens is 281 g/mol. The molecule has 0 aliphatic carbocycles. The van der Waals surface area contributed by atoms with Gasteiger partial charge in [-0.25, -0.2) is 9.18 Å². The van der Waals surface area contributed by atoms with Crippen molar-refractivity contribution in [2.24, 2.45) is 0 Å². The standard InChI is InChI=1S/C14H17ClFN3O/c15-10-1-2-13(12(16)9-10)18-6-3-11(4-7-18)19-8-5-17-14(19)20/h1-2,9,11H,3-8H2,(H,17,20). The van der Waals surface area contributed by atoms with Gasteiger partial charge < -0.3 is 15.1 Å². The summed E-state index contributed by atoms with van der Waals surface area (Å²) in [6, 6.07) is 5.07. The second-order valence-corrected chi connectivity index (χ2v) is 5.68. The van der Waals surface area contributed by atoms with Crippen molar-refractivity contribution >= 4 is 23.3 Å². The van der Waals surface area contributed by atoms with E-state index >= 15 is 0 Å². The minimum absolute atomic E-state index is 0.0288. The SMILES string of the molecule is O=C1NCCN1C1CCN(c2ccc(Cl)cc2F)CC1. The lowest BCUT2D eigenvalue weighted by molar-refractivity contribution is 0.186. The van der Waals surface area contributed by atoms with Crippen LogP contribution >= 0.6 is 11.6 Å². The highest BCUT2D eigenvalue weighted by molar-refractivity contribution is 6.30. The molecule has 0 saturated carbocycles. The maximum absolute atomic E-state index is 13.9. The average Bonchev–Trinajstić information content (AvgIpc) is 2.85. The maximum atomic E-state index is 13.9. The van der Waals surface area contributed by atoms with Crippen LogP contribution < -0.4 is 10.2 Å². The number of urea groups is 1. The maximum Gasteiger partial charge on any atom is 0.317 e. The van der Waals surface area contributed by atoms with E-state index < -0.39 is 0 Å². The van der Waals surface area contributed by atoms with Crippen LogP contribution in [0.5, 0.6) is 0 Å². The van der Waals surface area contributed by atoms with Crippen LogP contribution in [0.3, 0.4) is 0 Å². The number of nitrogens with one attached hydrogen (secondary N) is 1. The fourth-order valence-electron chi connectivity index (χ4n) is 2.99. The van der Waals surface area contributed by atoms with Gasteiger partial charge in [0.25, 0.3) is 0 Å². The van der Waals surface area contributed by atoms with Crippen LogP contribution in [0.1, 0.15) is 12.8 Å². The van der Waals surface area contributed by atoms with E-state index in [4.69, 9.17) is 11.6 Å². The molecule has 2 aliphatic rings. The second-order valence-electron chi connectivity index (χ2n) is 5.24. The first-order valence-electron chi connectivity index (χ1n) is 6.89. The summed E-state index contributed by atoms with van der Waals surface area (Å²) in [5, 5.41) is 3.24. The Morgan fingerprint density at radius 1 is 1.25 bits per heavy atom. The smallest absolute Gasteiger partial charge is 0.317 e. The molecule has 0 unspecified atom stereocenters. The second kappa shape index (κ2) is 5.48.